The fraction of sp³-hybridized carbons (Fsp3) is 0.333. The number of anilines is 1. The van der Waals surface area contributed by atoms with E-state index in [0.717, 1.165) is 71.1 Å². The molecule has 0 spiro atoms. The molecule has 7 rings (SSSR count). The van der Waals surface area contributed by atoms with Gasteiger partial charge in [0.2, 0.25) is 0 Å². The van der Waals surface area contributed by atoms with Gasteiger partial charge in [-0.15, -0.1) is 11.3 Å². The van der Waals surface area contributed by atoms with Gasteiger partial charge in [0.1, 0.15) is 0 Å². The van der Waals surface area contributed by atoms with E-state index < -0.39 is 0 Å². The van der Waals surface area contributed by atoms with E-state index >= 15 is 0 Å². The Morgan fingerprint density at radius 3 is 2.56 bits per heavy atom. The zero-order valence-electron chi connectivity index (χ0n) is 20.7. The second-order valence-electron chi connectivity index (χ2n) is 10.9. The van der Waals surface area contributed by atoms with Gasteiger partial charge in [0.05, 0.1) is 5.56 Å². The number of hydrogen-bond acceptors (Lipinski definition) is 5. The van der Waals surface area contributed by atoms with Gasteiger partial charge in [0.15, 0.2) is 5.78 Å². The molecule has 1 saturated heterocycles. The topological polar surface area (TPSA) is 63.2 Å². The number of aromatic amines is 1. The number of carbonyl (C=O) groups excluding carboxylic acids is 1. The average Bonchev–Trinajstić information content (AvgIpc) is 3.45. The monoisotopic (exact) mass is 494 g/mol. The van der Waals surface area contributed by atoms with Crippen LogP contribution in [0.15, 0.2) is 47.8 Å². The van der Waals surface area contributed by atoms with E-state index in [0.29, 0.717) is 0 Å². The highest BCUT2D eigenvalue weighted by Crippen LogP contribution is 2.48. The van der Waals surface area contributed by atoms with Crippen LogP contribution in [0.1, 0.15) is 59.4 Å². The SMILES string of the molecule is CC1(C)c2cc(N3CCN(C4CC4)CC3)c(-c3cccs3)cc2C(=O)c2c1[nH]c1cc(C=N)ccc21. The van der Waals surface area contributed by atoms with Crippen molar-refractivity contribution in [2.24, 2.45) is 0 Å². The Balaban J connectivity index is 1.39. The normalized spacial score (nSPS) is 19.4. The molecule has 4 aromatic rings. The lowest BCUT2D eigenvalue weighted by molar-refractivity contribution is 0.103. The van der Waals surface area contributed by atoms with Crippen LogP contribution in [-0.4, -0.2) is 54.1 Å². The van der Waals surface area contributed by atoms with Crippen molar-refractivity contribution in [2.45, 2.75) is 38.1 Å². The lowest BCUT2D eigenvalue weighted by Gasteiger charge is -2.39. The number of aromatic nitrogens is 1. The van der Waals surface area contributed by atoms with Crippen LogP contribution in [-0.2, 0) is 5.41 Å². The Morgan fingerprint density at radius 1 is 1.06 bits per heavy atom. The molecule has 3 aliphatic rings. The zero-order valence-corrected chi connectivity index (χ0v) is 21.5. The molecule has 36 heavy (non-hydrogen) atoms. The van der Waals surface area contributed by atoms with Crippen molar-refractivity contribution < 1.29 is 4.79 Å². The standard InChI is InChI=1S/C30H30N4OS/c1-30(2)23-16-25(34-11-9-33(10-12-34)19-6-7-19)22(26-4-3-13-36-26)15-21(23)28(35)27-20-8-5-18(17-31)14-24(20)32-29(27)30/h3-5,8,13-17,19,31-32H,6-7,9-12H2,1-2H3. The number of benzene rings is 2. The van der Waals surface area contributed by atoms with Crippen LogP contribution in [0.3, 0.4) is 0 Å². The molecule has 0 atom stereocenters. The molecular weight excluding hydrogens is 464 g/mol. The van der Waals surface area contributed by atoms with Gasteiger partial charge < -0.3 is 15.3 Å². The molecule has 182 valence electrons. The Bertz CT molecular complexity index is 1520. The van der Waals surface area contributed by atoms with E-state index in [1.165, 1.54) is 35.2 Å². The number of nitrogens with one attached hydrogen (secondary N) is 2. The fourth-order valence-electron chi connectivity index (χ4n) is 6.23. The molecule has 2 aromatic heterocycles. The number of nitrogens with zero attached hydrogens (tertiary/aromatic N) is 2. The van der Waals surface area contributed by atoms with Crippen LogP contribution in [0.2, 0.25) is 0 Å². The minimum absolute atomic E-state index is 0.0936. The predicted molar refractivity (Wildman–Crippen MR) is 148 cm³/mol. The van der Waals surface area contributed by atoms with E-state index in [2.05, 4.69) is 58.3 Å². The average molecular weight is 495 g/mol. The maximum absolute atomic E-state index is 14.1. The van der Waals surface area contributed by atoms with Crippen molar-refractivity contribution in [3.8, 4) is 10.4 Å². The Kier molecular flexibility index (Phi) is 4.82. The Hall–Kier alpha value is -3.22. The van der Waals surface area contributed by atoms with Crippen molar-refractivity contribution >= 4 is 39.9 Å². The summed E-state index contributed by atoms with van der Waals surface area (Å²) >= 11 is 1.74. The minimum Gasteiger partial charge on any atom is -0.368 e. The highest BCUT2D eigenvalue weighted by Gasteiger charge is 2.41. The number of hydrogen-bond donors (Lipinski definition) is 2. The van der Waals surface area contributed by atoms with Crippen molar-refractivity contribution in [3.63, 3.8) is 0 Å². The van der Waals surface area contributed by atoms with Crippen molar-refractivity contribution in [1.29, 1.82) is 5.41 Å². The van der Waals surface area contributed by atoms with E-state index in [1.807, 2.05) is 18.2 Å². The van der Waals surface area contributed by atoms with E-state index in [1.54, 1.807) is 11.3 Å². The summed E-state index contributed by atoms with van der Waals surface area (Å²) in [5.74, 6) is 0.0936. The molecule has 0 amide bonds. The first-order valence-electron chi connectivity index (χ1n) is 12.9. The van der Waals surface area contributed by atoms with Crippen molar-refractivity contribution in [3.05, 3.63) is 75.8 Å². The number of rotatable bonds is 4. The molecule has 0 radical (unpaired) electrons. The first-order chi connectivity index (χ1) is 17.5. The Morgan fingerprint density at radius 2 is 1.86 bits per heavy atom. The Labute approximate surface area is 215 Å². The van der Waals surface area contributed by atoms with Crippen molar-refractivity contribution in [2.75, 3.05) is 31.1 Å². The van der Waals surface area contributed by atoms with Crippen LogP contribution >= 0.6 is 11.3 Å². The van der Waals surface area contributed by atoms with Gasteiger partial charge in [-0.2, -0.15) is 0 Å². The third-order valence-corrected chi connectivity index (χ3v) is 9.30. The van der Waals surface area contributed by atoms with E-state index in [9.17, 15) is 4.79 Å². The molecule has 6 heteroatoms. The third kappa shape index (κ3) is 3.24. The van der Waals surface area contributed by atoms with E-state index in [-0.39, 0.29) is 11.2 Å². The van der Waals surface area contributed by atoms with Crippen LogP contribution in [0.5, 0.6) is 0 Å². The number of H-pyrrole nitrogens is 1. The second-order valence-corrected chi connectivity index (χ2v) is 11.9. The quantitative estimate of drug-likeness (QED) is 0.340. The summed E-state index contributed by atoms with van der Waals surface area (Å²) in [4.78, 5) is 24.0. The highest BCUT2D eigenvalue weighted by atomic mass is 32.1. The van der Waals surface area contributed by atoms with Crippen LogP contribution in [0.4, 0.5) is 5.69 Å². The molecule has 0 bridgehead atoms. The molecule has 2 aromatic carbocycles. The summed E-state index contributed by atoms with van der Waals surface area (Å²) in [6, 6.07) is 15.4. The fourth-order valence-corrected chi connectivity index (χ4v) is 6.98. The lowest BCUT2D eigenvalue weighted by atomic mass is 9.70. The maximum atomic E-state index is 14.1. The van der Waals surface area contributed by atoms with Crippen LogP contribution in [0, 0.1) is 5.41 Å². The van der Waals surface area contributed by atoms with Gasteiger partial charge in [-0.25, -0.2) is 0 Å². The third-order valence-electron chi connectivity index (χ3n) is 8.40. The van der Waals surface area contributed by atoms with Gasteiger partial charge in [-0.1, -0.05) is 32.0 Å². The number of piperazine rings is 1. The van der Waals surface area contributed by atoms with Gasteiger partial charge in [0.25, 0.3) is 0 Å². The molecule has 0 unspecified atom stereocenters. The molecule has 1 saturated carbocycles. The van der Waals surface area contributed by atoms with Crippen LogP contribution < -0.4 is 4.90 Å². The van der Waals surface area contributed by atoms with Crippen LogP contribution in [0.25, 0.3) is 21.3 Å². The smallest absolute Gasteiger partial charge is 0.195 e. The molecular formula is C30H30N4OS. The summed E-state index contributed by atoms with van der Waals surface area (Å²) in [5.41, 5.74) is 7.49. The minimum atomic E-state index is -0.346. The largest absolute Gasteiger partial charge is 0.368 e. The predicted octanol–water partition coefficient (Wildman–Crippen LogP) is 6.05. The first-order valence-corrected chi connectivity index (χ1v) is 13.8. The molecule has 3 heterocycles. The maximum Gasteiger partial charge on any atom is 0.195 e. The van der Waals surface area contributed by atoms with Gasteiger partial charge in [0, 0.05) is 82.1 Å². The van der Waals surface area contributed by atoms with Crippen molar-refractivity contribution in [1.82, 2.24) is 9.88 Å². The molecule has 2 fully saturated rings. The molecule has 2 N–H and O–H groups in total. The number of carbonyl (C=O) groups is 1. The number of ketones is 1. The second kappa shape index (κ2) is 7.89. The summed E-state index contributed by atoms with van der Waals surface area (Å²) in [5, 5.41) is 10.7. The number of fused-ring (bicyclic) bond motifs is 4. The number of thiophene rings is 1. The highest BCUT2D eigenvalue weighted by molar-refractivity contribution is 7.13. The summed E-state index contributed by atoms with van der Waals surface area (Å²) in [6.07, 6.45) is 4.05. The first kappa shape index (κ1) is 22.0. The van der Waals surface area contributed by atoms with E-state index in [4.69, 9.17) is 5.41 Å². The zero-order chi connectivity index (χ0) is 24.6. The summed E-state index contributed by atoms with van der Waals surface area (Å²) in [6.45, 7) is 8.70. The lowest BCUT2D eigenvalue weighted by Crippen LogP contribution is -2.47. The van der Waals surface area contributed by atoms with Gasteiger partial charge in [-0.05, 0) is 53.6 Å². The summed E-state index contributed by atoms with van der Waals surface area (Å²) < 4.78 is 0. The summed E-state index contributed by atoms with van der Waals surface area (Å²) in [7, 11) is 0. The van der Waals surface area contributed by atoms with Gasteiger partial charge in [-0.3, -0.25) is 9.69 Å². The van der Waals surface area contributed by atoms with Gasteiger partial charge >= 0.3 is 0 Å². The molecule has 1 aliphatic heterocycles. The molecule has 2 aliphatic carbocycles. The molecule has 5 nitrogen and oxygen atoms in total.